The van der Waals surface area contributed by atoms with Crippen LogP contribution in [0.3, 0.4) is 0 Å². The first-order valence-corrected chi connectivity index (χ1v) is 6.47. The molecule has 0 fully saturated rings. The Morgan fingerprint density at radius 2 is 1.86 bits per heavy atom. The van der Waals surface area contributed by atoms with Gasteiger partial charge in [0, 0.05) is 24.4 Å². The number of carbonyl (C=O) groups is 1. The number of phenolic OH excluding ortho intramolecular Hbond substituents is 1. The smallest absolute Gasteiger partial charge is 0.261 e. The van der Waals surface area contributed by atoms with E-state index in [1.807, 2.05) is 0 Å². The topological polar surface area (TPSA) is 66.6 Å². The van der Waals surface area contributed by atoms with E-state index < -0.39 is 17.5 Å². The summed E-state index contributed by atoms with van der Waals surface area (Å²) in [7, 11) is 1.56. The molecule has 21 heavy (non-hydrogen) atoms. The molecule has 1 amide bonds. The predicted octanol–water partition coefficient (Wildman–Crippen LogP) is 2.44. The monoisotopic (exact) mass is 304 g/mol. The number of anilines is 1. The Hall–Kier alpha value is -2.47. The molecular weight excluding hydrogens is 291 g/mol. The molecule has 0 aliphatic rings. The number of amides is 1. The Bertz CT molecular complexity index is 701. The summed E-state index contributed by atoms with van der Waals surface area (Å²) in [5.41, 5.74) is 6.83. The molecule has 0 aliphatic carbocycles. The highest BCUT2D eigenvalue weighted by Gasteiger charge is 2.17. The van der Waals surface area contributed by atoms with Gasteiger partial charge in [-0.25, -0.2) is 4.39 Å². The number of phenols is 1. The van der Waals surface area contributed by atoms with E-state index in [1.165, 1.54) is 11.0 Å². The molecule has 0 aliphatic heterocycles. The van der Waals surface area contributed by atoms with Crippen LogP contribution in [0.15, 0.2) is 42.5 Å². The lowest BCUT2D eigenvalue weighted by Gasteiger charge is -2.18. The minimum absolute atomic E-state index is 0.0253. The SMILES string of the molecule is CN(C(=O)c1ccc(F)cc1O)c1ccc(C(N)=S)cc1. The second kappa shape index (κ2) is 5.88. The molecule has 0 heterocycles. The number of benzene rings is 2. The van der Waals surface area contributed by atoms with E-state index in [0.29, 0.717) is 11.3 Å². The zero-order chi connectivity index (χ0) is 15.6. The molecule has 0 aromatic heterocycles. The lowest BCUT2D eigenvalue weighted by Crippen LogP contribution is -2.26. The van der Waals surface area contributed by atoms with Gasteiger partial charge in [-0.3, -0.25) is 4.79 Å². The predicted molar refractivity (Wildman–Crippen MR) is 83.1 cm³/mol. The fourth-order valence-corrected chi connectivity index (χ4v) is 1.97. The summed E-state index contributed by atoms with van der Waals surface area (Å²) >= 11 is 4.86. The van der Waals surface area contributed by atoms with Gasteiger partial charge in [-0.2, -0.15) is 0 Å². The van der Waals surface area contributed by atoms with Crippen molar-refractivity contribution in [3.05, 3.63) is 59.4 Å². The summed E-state index contributed by atoms with van der Waals surface area (Å²) in [4.78, 5) is 13.9. The standard InChI is InChI=1S/C15H13FN2O2S/c1-18(11-5-2-9(3-6-11)14(17)21)15(20)12-7-4-10(16)8-13(12)19/h2-8,19H,1H3,(H2,17,21). The molecule has 0 unspecified atom stereocenters. The Labute approximate surface area is 126 Å². The molecule has 0 atom stereocenters. The molecule has 4 nitrogen and oxygen atoms in total. The van der Waals surface area contributed by atoms with Gasteiger partial charge in [0.25, 0.3) is 5.91 Å². The van der Waals surface area contributed by atoms with Gasteiger partial charge >= 0.3 is 0 Å². The van der Waals surface area contributed by atoms with Gasteiger partial charge in [0.1, 0.15) is 16.6 Å². The number of rotatable bonds is 3. The van der Waals surface area contributed by atoms with Crippen molar-refractivity contribution in [1.29, 1.82) is 0 Å². The normalized spacial score (nSPS) is 10.2. The molecule has 2 rings (SSSR count). The van der Waals surface area contributed by atoms with Gasteiger partial charge in [-0.15, -0.1) is 0 Å². The second-order valence-corrected chi connectivity index (χ2v) is 4.88. The highest BCUT2D eigenvalue weighted by molar-refractivity contribution is 7.80. The maximum Gasteiger partial charge on any atom is 0.261 e. The van der Waals surface area contributed by atoms with Crippen molar-refractivity contribution in [2.45, 2.75) is 0 Å². The third kappa shape index (κ3) is 3.17. The molecular formula is C15H13FN2O2S. The van der Waals surface area contributed by atoms with Crippen molar-refractivity contribution in [3.63, 3.8) is 0 Å². The van der Waals surface area contributed by atoms with Crippen LogP contribution in [0.1, 0.15) is 15.9 Å². The summed E-state index contributed by atoms with van der Waals surface area (Å²) in [6, 6.07) is 10.0. The maximum atomic E-state index is 12.9. The minimum atomic E-state index is -0.604. The molecule has 6 heteroatoms. The highest BCUT2D eigenvalue weighted by atomic mass is 32.1. The highest BCUT2D eigenvalue weighted by Crippen LogP contribution is 2.22. The van der Waals surface area contributed by atoms with Crippen LogP contribution in [-0.2, 0) is 0 Å². The summed E-state index contributed by atoms with van der Waals surface area (Å²) in [5.74, 6) is -1.45. The molecule has 108 valence electrons. The van der Waals surface area contributed by atoms with E-state index in [-0.39, 0.29) is 10.6 Å². The zero-order valence-corrected chi connectivity index (χ0v) is 12.0. The second-order valence-electron chi connectivity index (χ2n) is 4.44. The van der Waals surface area contributed by atoms with Gasteiger partial charge in [-0.1, -0.05) is 12.2 Å². The first-order valence-electron chi connectivity index (χ1n) is 6.06. The lowest BCUT2D eigenvalue weighted by atomic mass is 10.1. The third-order valence-corrected chi connectivity index (χ3v) is 3.27. The van der Waals surface area contributed by atoms with Crippen molar-refractivity contribution in [2.75, 3.05) is 11.9 Å². The molecule has 0 radical (unpaired) electrons. The van der Waals surface area contributed by atoms with Gasteiger partial charge < -0.3 is 15.7 Å². The van der Waals surface area contributed by atoms with Gasteiger partial charge in [0.05, 0.1) is 5.56 Å². The van der Waals surface area contributed by atoms with Crippen molar-refractivity contribution in [3.8, 4) is 5.75 Å². The summed E-state index contributed by atoms with van der Waals surface area (Å²) in [6.45, 7) is 0. The summed E-state index contributed by atoms with van der Waals surface area (Å²) in [5, 5.41) is 9.65. The largest absolute Gasteiger partial charge is 0.507 e. The van der Waals surface area contributed by atoms with E-state index in [1.54, 1.807) is 31.3 Å². The summed E-state index contributed by atoms with van der Waals surface area (Å²) in [6.07, 6.45) is 0. The van der Waals surface area contributed by atoms with Crippen LogP contribution in [0.2, 0.25) is 0 Å². The zero-order valence-electron chi connectivity index (χ0n) is 11.2. The number of halogens is 1. The number of aromatic hydroxyl groups is 1. The van der Waals surface area contributed by atoms with E-state index in [0.717, 1.165) is 12.1 Å². The van der Waals surface area contributed by atoms with E-state index in [9.17, 15) is 14.3 Å². The van der Waals surface area contributed by atoms with Crippen molar-refractivity contribution in [1.82, 2.24) is 0 Å². The van der Waals surface area contributed by atoms with Crippen LogP contribution >= 0.6 is 12.2 Å². The Morgan fingerprint density at radius 3 is 2.38 bits per heavy atom. The number of nitrogens with two attached hydrogens (primary N) is 1. The first-order chi connectivity index (χ1) is 9.90. The van der Waals surface area contributed by atoms with Crippen molar-refractivity contribution in [2.24, 2.45) is 5.73 Å². The molecule has 0 saturated carbocycles. The number of hydrogen-bond acceptors (Lipinski definition) is 3. The van der Waals surface area contributed by atoms with Crippen LogP contribution in [0.25, 0.3) is 0 Å². The molecule has 0 bridgehead atoms. The van der Waals surface area contributed by atoms with Crippen LogP contribution < -0.4 is 10.6 Å². The number of carbonyl (C=O) groups excluding carboxylic acids is 1. The maximum absolute atomic E-state index is 12.9. The van der Waals surface area contributed by atoms with Crippen LogP contribution in [0.4, 0.5) is 10.1 Å². The minimum Gasteiger partial charge on any atom is -0.507 e. The van der Waals surface area contributed by atoms with E-state index >= 15 is 0 Å². The van der Waals surface area contributed by atoms with Gasteiger partial charge in [-0.05, 0) is 36.4 Å². The molecule has 2 aromatic rings. The number of nitrogens with zero attached hydrogens (tertiary/aromatic N) is 1. The van der Waals surface area contributed by atoms with Crippen LogP contribution in [0, 0.1) is 5.82 Å². The first kappa shape index (κ1) is 14.9. The summed E-state index contributed by atoms with van der Waals surface area (Å²) < 4.78 is 12.9. The number of hydrogen-bond donors (Lipinski definition) is 2. The lowest BCUT2D eigenvalue weighted by molar-refractivity contribution is 0.0990. The average molecular weight is 304 g/mol. The Morgan fingerprint density at radius 1 is 1.24 bits per heavy atom. The van der Waals surface area contributed by atoms with Crippen LogP contribution in [0.5, 0.6) is 5.75 Å². The fraction of sp³-hybridized carbons (Fsp3) is 0.0667. The third-order valence-electron chi connectivity index (χ3n) is 3.03. The Balaban J connectivity index is 2.28. The molecule has 2 aromatic carbocycles. The average Bonchev–Trinajstić information content (AvgIpc) is 2.46. The van der Waals surface area contributed by atoms with Crippen molar-refractivity contribution >= 4 is 28.8 Å². The van der Waals surface area contributed by atoms with Crippen molar-refractivity contribution < 1.29 is 14.3 Å². The van der Waals surface area contributed by atoms with E-state index in [4.69, 9.17) is 18.0 Å². The molecule has 0 spiro atoms. The molecule has 0 saturated heterocycles. The quantitative estimate of drug-likeness (QED) is 0.855. The Kier molecular flexibility index (Phi) is 4.18. The molecule has 3 N–H and O–H groups in total. The van der Waals surface area contributed by atoms with E-state index in [2.05, 4.69) is 0 Å². The van der Waals surface area contributed by atoms with Gasteiger partial charge in [0.2, 0.25) is 0 Å². The van der Waals surface area contributed by atoms with Crippen LogP contribution in [-0.4, -0.2) is 23.0 Å². The van der Waals surface area contributed by atoms with Gasteiger partial charge in [0.15, 0.2) is 0 Å². The number of thiocarbonyl (C=S) groups is 1. The fourth-order valence-electron chi connectivity index (χ4n) is 1.83.